The third-order valence-corrected chi connectivity index (χ3v) is 4.71. The molecule has 0 unspecified atom stereocenters. The van der Waals surface area contributed by atoms with Crippen LogP contribution in [0.5, 0.6) is 0 Å². The van der Waals surface area contributed by atoms with E-state index in [0.717, 1.165) is 0 Å². The van der Waals surface area contributed by atoms with E-state index in [4.69, 9.17) is 5.11 Å². The molecule has 2 aromatic rings. The molecule has 116 valence electrons. The summed E-state index contributed by atoms with van der Waals surface area (Å²) in [6, 6.07) is 8.41. The highest BCUT2D eigenvalue weighted by Crippen LogP contribution is 2.33. The normalized spacial score (nSPS) is 12.1. The zero-order valence-corrected chi connectivity index (χ0v) is 11.6. The maximum atomic E-state index is 12.6. The zero-order chi connectivity index (χ0) is 16.5. The van der Waals surface area contributed by atoms with Crippen molar-refractivity contribution in [2.24, 2.45) is 0 Å². The van der Waals surface area contributed by atoms with Crippen LogP contribution in [0.4, 0.5) is 13.2 Å². The summed E-state index contributed by atoms with van der Waals surface area (Å²) in [6.45, 7) is 0. The minimum Gasteiger partial charge on any atom is -0.478 e. The molecular formula is C14H9F3O4S. The van der Waals surface area contributed by atoms with E-state index in [-0.39, 0.29) is 4.90 Å². The van der Waals surface area contributed by atoms with E-state index in [2.05, 4.69) is 0 Å². The maximum absolute atomic E-state index is 12.6. The minimum absolute atomic E-state index is 0.197. The van der Waals surface area contributed by atoms with Crippen LogP contribution in [0, 0.1) is 0 Å². The zero-order valence-electron chi connectivity index (χ0n) is 10.8. The lowest BCUT2D eigenvalue weighted by Gasteiger charge is -2.12. The Morgan fingerprint density at radius 3 is 2.09 bits per heavy atom. The van der Waals surface area contributed by atoms with Crippen LogP contribution in [0.3, 0.4) is 0 Å². The number of benzene rings is 2. The van der Waals surface area contributed by atoms with E-state index in [9.17, 15) is 26.4 Å². The Morgan fingerprint density at radius 1 is 1.00 bits per heavy atom. The van der Waals surface area contributed by atoms with Crippen LogP contribution in [-0.4, -0.2) is 19.5 Å². The number of rotatable bonds is 3. The molecule has 0 bridgehead atoms. The Balaban J connectivity index is 2.69. The van der Waals surface area contributed by atoms with E-state index in [1.54, 1.807) is 6.07 Å². The van der Waals surface area contributed by atoms with Gasteiger partial charge in [0.25, 0.3) is 0 Å². The van der Waals surface area contributed by atoms with Crippen molar-refractivity contribution in [3.05, 3.63) is 59.7 Å². The molecule has 22 heavy (non-hydrogen) atoms. The van der Waals surface area contributed by atoms with Gasteiger partial charge in [-0.1, -0.05) is 18.2 Å². The molecule has 0 aliphatic carbocycles. The number of carboxylic acids is 1. The minimum atomic E-state index is -4.76. The third-order valence-electron chi connectivity index (χ3n) is 2.88. The molecule has 0 spiro atoms. The first-order valence-electron chi connectivity index (χ1n) is 5.88. The molecule has 0 atom stereocenters. The second-order valence-corrected chi connectivity index (χ2v) is 6.25. The van der Waals surface area contributed by atoms with E-state index in [0.29, 0.717) is 18.2 Å². The van der Waals surface area contributed by atoms with Gasteiger partial charge in [-0.2, -0.15) is 13.2 Å². The van der Waals surface area contributed by atoms with Crippen LogP contribution in [0.25, 0.3) is 0 Å². The highest BCUT2D eigenvalue weighted by Gasteiger charge is 2.33. The average molecular weight is 330 g/mol. The molecule has 0 fully saturated rings. The second-order valence-electron chi connectivity index (χ2n) is 4.33. The van der Waals surface area contributed by atoms with Crippen LogP contribution < -0.4 is 0 Å². The number of aromatic carboxylic acids is 1. The van der Waals surface area contributed by atoms with E-state index in [1.807, 2.05) is 0 Å². The molecule has 0 aliphatic heterocycles. The van der Waals surface area contributed by atoms with Gasteiger partial charge in [0, 0.05) is 0 Å². The van der Waals surface area contributed by atoms with Crippen LogP contribution in [-0.2, 0) is 16.0 Å². The Bertz CT molecular complexity index is 812. The molecule has 8 heteroatoms. The van der Waals surface area contributed by atoms with Gasteiger partial charge in [0.1, 0.15) is 0 Å². The molecule has 0 radical (unpaired) electrons. The van der Waals surface area contributed by atoms with Gasteiger partial charge in [-0.25, -0.2) is 13.2 Å². The number of halogens is 3. The summed E-state index contributed by atoms with van der Waals surface area (Å²) in [5, 5.41) is 9.03. The lowest BCUT2D eigenvalue weighted by Crippen LogP contribution is -2.13. The Labute approximate surface area is 123 Å². The quantitative estimate of drug-likeness (QED) is 0.938. The van der Waals surface area contributed by atoms with Gasteiger partial charge in [-0.05, 0) is 30.3 Å². The Hall–Kier alpha value is -2.35. The Kier molecular flexibility index (Phi) is 3.97. The molecule has 0 amide bonds. The molecule has 0 aliphatic rings. The third kappa shape index (κ3) is 2.96. The molecule has 2 rings (SSSR count). The number of carbonyl (C=O) groups is 1. The van der Waals surface area contributed by atoms with Gasteiger partial charge in [-0.3, -0.25) is 0 Å². The van der Waals surface area contributed by atoms with E-state index < -0.39 is 38.0 Å². The van der Waals surface area contributed by atoms with Crippen molar-refractivity contribution in [3.63, 3.8) is 0 Å². The number of hydrogen-bond donors (Lipinski definition) is 1. The summed E-state index contributed by atoms with van der Waals surface area (Å²) in [5.41, 5.74) is -2.14. The van der Waals surface area contributed by atoms with E-state index in [1.165, 1.54) is 24.3 Å². The van der Waals surface area contributed by atoms with Crippen molar-refractivity contribution >= 4 is 15.8 Å². The van der Waals surface area contributed by atoms with Crippen molar-refractivity contribution in [1.82, 2.24) is 0 Å². The summed E-state index contributed by atoms with van der Waals surface area (Å²) >= 11 is 0. The number of carboxylic acid groups (broad SMARTS) is 1. The Morgan fingerprint density at radius 2 is 1.59 bits per heavy atom. The van der Waals surface area contributed by atoms with Gasteiger partial charge in [-0.15, -0.1) is 0 Å². The number of hydrogen-bond acceptors (Lipinski definition) is 3. The topological polar surface area (TPSA) is 71.4 Å². The summed E-state index contributed by atoms with van der Waals surface area (Å²) in [4.78, 5) is 10.3. The molecule has 0 aromatic heterocycles. The second kappa shape index (κ2) is 5.45. The van der Waals surface area contributed by atoms with Crippen molar-refractivity contribution in [1.29, 1.82) is 0 Å². The predicted molar refractivity (Wildman–Crippen MR) is 70.3 cm³/mol. The lowest BCUT2D eigenvalue weighted by atomic mass is 10.1. The summed E-state index contributed by atoms with van der Waals surface area (Å²) < 4.78 is 62.7. The number of alkyl halides is 3. The first-order valence-corrected chi connectivity index (χ1v) is 7.37. The monoisotopic (exact) mass is 330 g/mol. The van der Waals surface area contributed by atoms with Crippen LogP contribution in [0.15, 0.2) is 58.3 Å². The predicted octanol–water partition coefficient (Wildman–Crippen LogP) is 3.24. The molecular weight excluding hydrogens is 321 g/mol. The van der Waals surface area contributed by atoms with Gasteiger partial charge < -0.3 is 5.11 Å². The highest BCUT2D eigenvalue weighted by atomic mass is 32.2. The maximum Gasteiger partial charge on any atom is 0.416 e. The number of sulfone groups is 1. The van der Waals surface area contributed by atoms with Crippen molar-refractivity contribution in [2.75, 3.05) is 0 Å². The first kappa shape index (κ1) is 16.0. The van der Waals surface area contributed by atoms with Gasteiger partial charge >= 0.3 is 12.1 Å². The van der Waals surface area contributed by atoms with Crippen molar-refractivity contribution in [2.45, 2.75) is 16.0 Å². The smallest absolute Gasteiger partial charge is 0.416 e. The molecule has 4 nitrogen and oxygen atoms in total. The summed E-state index contributed by atoms with van der Waals surface area (Å²) in [6.07, 6.45) is -4.76. The average Bonchev–Trinajstić information content (AvgIpc) is 2.46. The van der Waals surface area contributed by atoms with Crippen LogP contribution in [0.2, 0.25) is 0 Å². The van der Waals surface area contributed by atoms with Gasteiger partial charge in [0.15, 0.2) is 0 Å². The van der Waals surface area contributed by atoms with Crippen LogP contribution in [0.1, 0.15) is 15.9 Å². The SMILES string of the molecule is O=C(O)c1cc(C(F)(F)F)ccc1S(=O)(=O)c1ccccc1. The largest absolute Gasteiger partial charge is 0.478 e. The molecule has 0 heterocycles. The van der Waals surface area contributed by atoms with E-state index >= 15 is 0 Å². The fourth-order valence-electron chi connectivity index (χ4n) is 1.83. The highest BCUT2D eigenvalue weighted by molar-refractivity contribution is 7.91. The lowest BCUT2D eigenvalue weighted by molar-refractivity contribution is -0.137. The molecule has 1 N–H and O–H groups in total. The van der Waals surface area contributed by atoms with Crippen molar-refractivity contribution < 1.29 is 31.5 Å². The summed E-state index contributed by atoms with van der Waals surface area (Å²) in [5.74, 6) is -1.75. The molecule has 0 saturated carbocycles. The standard InChI is InChI=1S/C14H9F3O4S/c15-14(16,17)9-6-7-12(11(8-9)13(18)19)22(20,21)10-4-2-1-3-5-10/h1-8H,(H,18,19). The molecule has 0 saturated heterocycles. The van der Waals surface area contributed by atoms with Crippen LogP contribution >= 0.6 is 0 Å². The fourth-order valence-corrected chi connectivity index (χ4v) is 3.29. The van der Waals surface area contributed by atoms with Gasteiger partial charge in [0.2, 0.25) is 9.84 Å². The molecule has 2 aromatic carbocycles. The summed E-state index contributed by atoms with van der Waals surface area (Å²) in [7, 11) is -4.23. The first-order chi connectivity index (χ1) is 10.1. The van der Waals surface area contributed by atoms with Crippen molar-refractivity contribution in [3.8, 4) is 0 Å². The fraction of sp³-hybridized carbons (Fsp3) is 0.0714. The van der Waals surface area contributed by atoms with Gasteiger partial charge in [0.05, 0.1) is 20.9 Å².